The number of rotatable bonds is 8. The first-order valence-corrected chi connectivity index (χ1v) is 10.9. The van der Waals surface area contributed by atoms with Crippen molar-refractivity contribution in [2.45, 2.75) is 20.8 Å². The standard InChI is InChI=1S/C23H25N3O3S/c1-4-29-23(28)15-30-14-22(27)24-21-13-20(19-12-16(2)10-11-17(19)3)25-26(21)18-8-6-5-7-9-18/h5-13H,4,14-15H2,1-3H3,(H,24,27). The average Bonchev–Trinajstić information content (AvgIpc) is 3.14. The maximum absolute atomic E-state index is 12.5. The number of hydrogen-bond acceptors (Lipinski definition) is 5. The van der Waals surface area contributed by atoms with E-state index in [0.29, 0.717) is 12.4 Å². The van der Waals surface area contributed by atoms with E-state index in [1.54, 1.807) is 11.6 Å². The van der Waals surface area contributed by atoms with E-state index in [-0.39, 0.29) is 23.4 Å². The van der Waals surface area contributed by atoms with Crippen LogP contribution in [0.5, 0.6) is 0 Å². The molecule has 6 nitrogen and oxygen atoms in total. The number of ether oxygens (including phenoxy) is 1. The zero-order valence-electron chi connectivity index (χ0n) is 17.3. The van der Waals surface area contributed by atoms with Crippen molar-refractivity contribution < 1.29 is 14.3 Å². The molecule has 0 saturated carbocycles. The number of aryl methyl sites for hydroxylation is 2. The van der Waals surface area contributed by atoms with E-state index in [0.717, 1.165) is 28.1 Å². The van der Waals surface area contributed by atoms with Crippen LogP contribution in [0.3, 0.4) is 0 Å². The van der Waals surface area contributed by atoms with Gasteiger partial charge in [-0.3, -0.25) is 9.59 Å². The summed E-state index contributed by atoms with van der Waals surface area (Å²) in [6.45, 7) is 6.18. The molecule has 2 aromatic carbocycles. The second-order valence-electron chi connectivity index (χ2n) is 6.83. The van der Waals surface area contributed by atoms with E-state index in [4.69, 9.17) is 9.84 Å². The summed E-state index contributed by atoms with van der Waals surface area (Å²) in [6, 6.07) is 17.8. The summed E-state index contributed by atoms with van der Waals surface area (Å²) in [5, 5.41) is 7.69. The van der Waals surface area contributed by atoms with Crippen LogP contribution in [-0.4, -0.2) is 39.8 Å². The lowest BCUT2D eigenvalue weighted by molar-refractivity contribution is -0.139. The van der Waals surface area contributed by atoms with Crippen LogP contribution >= 0.6 is 11.8 Å². The summed E-state index contributed by atoms with van der Waals surface area (Å²) in [6.07, 6.45) is 0. The number of benzene rings is 2. The third kappa shape index (κ3) is 5.51. The Hall–Kier alpha value is -3.06. The number of anilines is 1. The maximum Gasteiger partial charge on any atom is 0.315 e. The minimum absolute atomic E-state index is 0.146. The minimum atomic E-state index is -0.318. The zero-order valence-corrected chi connectivity index (χ0v) is 18.2. The molecular formula is C23H25N3O3S. The smallest absolute Gasteiger partial charge is 0.315 e. The number of nitrogens with one attached hydrogen (secondary N) is 1. The van der Waals surface area contributed by atoms with Crippen molar-refractivity contribution in [3.05, 3.63) is 65.7 Å². The molecule has 0 saturated heterocycles. The monoisotopic (exact) mass is 423 g/mol. The highest BCUT2D eigenvalue weighted by Gasteiger charge is 2.15. The van der Waals surface area contributed by atoms with E-state index < -0.39 is 0 Å². The van der Waals surface area contributed by atoms with Crippen molar-refractivity contribution in [1.29, 1.82) is 0 Å². The molecule has 0 aliphatic rings. The molecule has 1 aromatic heterocycles. The first kappa shape index (κ1) is 21.6. The lowest BCUT2D eigenvalue weighted by atomic mass is 10.0. The number of amides is 1. The van der Waals surface area contributed by atoms with Gasteiger partial charge in [0.05, 0.1) is 29.5 Å². The largest absolute Gasteiger partial charge is 0.465 e. The van der Waals surface area contributed by atoms with Crippen LogP contribution in [-0.2, 0) is 14.3 Å². The molecule has 7 heteroatoms. The molecule has 0 aliphatic heterocycles. The van der Waals surface area contributed by atoms with Crippen LogP contribution in [0, 0.1) is 13.8 Å². The Kier molecular flexibility index (Phi) is 7.30. The molecule has 30 heavy (non-hydrogen) atoms. The third-order valence-corrected chi connectivity index (χ3v) is 5.31. The van der Waals surface area contributed by atoms with Crippen molar-refractivity contribution in [3.8, 4) is 16.9 Å². The van der Waals surface area contributed by atoms with E-state index in [1.807, 2.05) is 50.2 Å². The van der Waals surface area contributed by atoms with Gasteiger partial charge in [0.15, 0.2) is 0 Å². The third-order valence-electron chi connectivity index (χ3n) is 4.41. The van der Waals surface area contributed by atoms with E-state index >= 15 is 0 Å². The van der Waals surface area contributed by atoms with Gasteiger partial charge in [0, 0.05) is 11.6 Å². The second kappa shape index (κ2) is 10.1. The van der Waals surface area contributed by atoms with Gasteiger partial charge < -0.3 is 10.1 Å². The molecular weight excluding hydrogens is 398 g/mol. The van der Waals surface area contributed by atoms with Gasteiger partial charge in [0.1, 0.15) is 5.82 Å². The summed E-state index contributed by atoms with van der Waals surface area (Å²) in [5.41, 5.74) is 4.92. The van der Waals surface area contributed by atoms with Gasteiger partial charge in [-0.2, -0.15) is 5.10 Å². The molecule has 0 spiro atoms. The summed E-state index contributed by atoms with van der Waals surface area (Å²) in [5.74, 6) is 0.361. The molecule has 0 aliphatic carbocycles. The molecule has 0 bridgehead atoms. The number of nitrogens with zero attached hydrogens (tertiary/aromatic N) is 2. The van der Waals surface area contributed by atoms with Crippen LogP contribution in [0.4, 0.5) is 5.82 Å². The average molecular weight is 424 g/mol. The molecule has 0 fully saturated rings. The molecule has 3 aromatic rings. The maximum atomic E-state index is 12.5. The Bertz CT molecular complexity index is 1030. The summed E-state index contributed by atoms with van der Waals surface area (Å²) >= 11 is 1.22. The van der Waals surface area contributed by atoms with Gasteiger partial charge in [-0.25, -0.2) is 4.68 Å². The van der Waals surface area contributed by atoms with E-state index in [1.165, 1.54) is 11.8 Å². The fourth-order valence-electron chi connectivity index (χ4n) is 2.99. The number of carbonyl (C=O) groups is 2. The van der Waals surface area contributed by atoms with Gasteiger partial charge in [0.2, 0.25) is 5.91 Å². The summed E-state index contributed by atoms with van der Waals surface area (Å²) in [4.78, 5) is 23.9. The Morgan fingerprint density at radius 2 is 1.83 bits per heavy atom. The van der Waals surface area contributed by atoms with Gasteiger partial charge in [-0.1, -0.05) is 35.9 Å². The molecule has 0 radical (unpaired) electrons. The van der Waals surface area contributed by atoms with Crippen LogP contribution in [0.2, 0.25) is 0 Å². The van der Waals surface area contributed by atoms with Crippen molar-refractivity contribution in [1.82, 2.24) is 9.78 Å². The van der Waals surface area contributed by atoms with Gasteiger partial charge in [0.25, 0.3) is 0 Å². The lowest BCUT2D eigenvalue weighted by Crippen LogP contribution is -2.18. The fourth-order valence-corrected chi connectivity index (χ4v) is 3.60. The van der Waals surface area contributed by atoms with Crippen LogP contribution < -0.4 is 5.32 Å². The highest BCUT2D eigenvalue weighted by atomic mass is 32.2. The van der Waals surface area contributed by atoms with Crippen LogP contribution in [0.15, 0.2) is 54.6 Å². The normalized spacial score (nSPS) is 10.6. The van der Waals surface area contributed by atoms with Crippen LogP contribution in [0.1, 0.15) is 18.1 Å². The molecule has 1 amide bonds. The van der Waals surface area contributed by atoms with E-state index in [2.05, 4.69) is 23.5 Å². The Morgan fingerprint density at radius 3 is 2.57 bits per heavy atom. The zero-order chi connectivity index (χ0) is 21.5. The van der Waals surface area contributed by atoms with E-state index in [9.17, 15) is 9.59 Å². The Labute approximate surface area is 180 Å². The number of thioether (sulfide) groups is 1. The molecule has 156 valence electrons. The fraction of sp³-hybridized carbons (Fsp3) is 0.261. The molecule has 1 N–H and O–H groups in total. The van der Waals surface area contributed by atoms with Crippen molar-refractivity contribution >= 4 is 29.5 Å². The Balaban J connectivity index is 1.84. The number of para-hydroxylation sites is 1. The molecule has 3 rings (SSSR count). The predicted octanol–water partition coefficient (Wildman–Crippen LogP) is 4.39. The highest BCUT2D eigenvalue weighted by molar-refractivity contribution is 8.00. The number of esters is 1. The first-order valence-electron chi connectivity index (χ1n) is 9.74. The molecule has 1 heterocycles. The molecule has 0 atom stereocenters. The SMILES string of the molecule is CCOC(=O)CSCC(=O)Nc1cc(-c2cc(C)ccc2C)nn1-c1ccccc1. The topological polar surface area (TPSA) is 73.2 Å². The quantitative estimate of drug-likeness (QED) is 0.544. The van der Waals surface area contributed by atoms with Gasteiger partial charge in [-0.05, 0) is 44.5 Å². The lowest BCUT2D eigenvalue weighted by Gasteiger charge is -2.08. The minimum Gasteiger partial charge on any atom is -0.465 e. The van der Waals surface area contributed by atoms with Crippen molar-refractivity contribution in [3.63, 3.8) is 0 Å². The molecule has 0 unspecified atom stereocenters. The second-order valence-corrected chi connectivity index (χ2v) is 7.81. The predicted molar refractivity (Wildman–Crippen MR) is 121 cm³/mol. The van der Waals surface area contributed by atoms with Gasteiger partial charge >= 0.3 is 5.97 Å². The number of carbonyl (C=O) groups excluding carboxylic acids is 2. The number of aromatic nitrogens is 2. The van der Waals surface area contributed by atoms with Crippen molar-refractivity contribution in [2.24, 2.45) is 0 Å². The highest BCUT2D eigenvalue weighted by Crippen LogP contribution is 2.28. The van der Waals surface area contributed by atoms with Crippen LogP contribution in [0.25, 0.3) is 16.9 Å². The summed E-state index contributed by atoms with van der Waals surface area (Å²) < 4.78 is 6.61. The number of hydrogen-bond donors (Lipinski definition) is 1. The first-order chi connectivity index (χ1) is 14.5. The van der Waals surface area contributed by atoms with Gasteiger partial charge in [-0.15, -0.1) is 11.8 Å². The Morgan fingerprint density at radius 1 is 1.07 bits per heavy atom. The van der Waals surface area contributed by atoms with Crippen molar-refractivity contribution in [2.75, 3.05) is 23.4 Å². The summed E-state index contributed by atoms with van der Waals surface area (Å²) in [7, 11) is 0.